The predicted octanol–water partition coefficient (Wildman–Crippen LogP) is 3.02. The molecule has 0 radical (unpaired) electrons. The van der Waals surface area contributed by atoms with Crippen LogP contribution >= 0.6 is 15.9 Å². The maximum Gasteiger partial charge on any atom is 0.227 e. The summed E-state index contributed by atoms with van der Waals surface area (Å²) in [5.41, 5.74) is 0.955. The molecule has 1 atom stereocenters. The van der Waals surface area contributed by atoms with Gasteiger partial charge in [0, 0.05) is 17.9 Å². The molecule has 1 amide bonds. The van der Waals surface area contributed by atoms with E-state index in [0.717, 1.165) is 30.3 Å². The number of ether oxygens (including phenoxy) is 2. The number of hydrogen-bond donors (Lipinski definition) is 0. The molecule has 5 heteroatoms. The minimum Gasteiger partial charge on any atom is -0.493 e. The zero-order chi connectivity index (χ0) is 15.2. The molecule has 1 aromatic carbocycles. The summed E-state index contributed by atoms with van der Waals surface area (Å²) >= 11 is 3.52. The zero-order valence-electron chi connectivity index (χ0n) is 12.6. The van der Waals surface area contributed by atoms with Gasteiger partial charge in [-0.05, 0) is 37.0 Å². The monoisotopic (exact) mass is 355 g/mol. The normalized spacial score (nSPS) is 18.4. The van der Waals surface area contributed by atoms with E-state index in [4.69, 9.17) is 9.47 Å². The van der Waals surface area contributed by atoms with Crippen LogP contribution in [0.2, 0.25) is 0 Å². The highest BCUT2D eigenvalue weighted by molar-refractivity contribution is 9.09. The fourth-order valence-corrected chi connectivity index (χ4v) is 3.43. The first-order valence-electron chi connectivity index (χ1n) is 7.26. The number of carbonyl (C=O) groups excluding carboxylic acids is 1. The van der Waals surface area contributed by atoms with Crippen molar-refractivity contribution in [3.63, 3.8) is 0 Å². The number of rotatable bonds is 5. The number of benzene rings is 1. The molecule has 116 valence electrons. The van der Waals surface area contributed by atoms with Crippen LogP contribution in [0.1, 0.15) is 24.8 Å². The second-order valence-electron chi connectivity index (χ2n) is 5.26. The van der Waals surface area contributed by atoms with Gasteiger partial charge >= 0.3 is 0 Å². The Labute approximate surface area is 134 Å². The Morgan fingerprint density at radius 1 is 1.29 bits per heavy atom. The van der Waals surface area contributed by atoms with Crippen molar-refractivity contribution in [1.29, 1.82) is 0 Å². The average molecular weight is 356 g/mol. The van der Waals surface area contributed by atoms with Gasteiger partial charge in [-0.2, -0.15) is 0 Å². The molecule has 1 aliphatic rings. The summed E-state index contributed by atoms with van der Waals surface area (Å²) < 4.78 is 10.5. The SMILES string of the molecule is COc1ccc(CC(=O)N2CCCCC2CBr)cc1OC. The summed E-state index contributed by atoms with van der Waals surface area (Å²) in [5.74, 6) is 1.54. The molecule has 1 unspecified atom stereocenters. The van der Waals surface area contributed by atoms with Crippen LogP contribution in [-0.2, 0) is 11.2 Å². The smallest absolute Gasteiger partial charge is 0.227 e. The quantitative estimate of drug-likeness (QED) is 0.762. The summed E-state index contributed by atoms with van der Waals surface area (Å²) in [6.45, 7) is 0.863. The summed E-state index contributed by atoms with van der Waals surface area (Å²) in [7, 11) is 3.21. The van der Waals surface area contributed by atoms with Crippen LogP contribution in [0.15, 0.2) is 18.2 Å². The third kappa shape index (κ3) is 3.90. The second-order valence-corrected chi connectivity index (χ2v) is 5.90. The van der Waals surface area contributed by atoms with E-state index >= 15 is 0 Å². The van der Waals surface area contributed by atoms with Crippen LogP contribution in [0, 0.1) is 0 Å². The molecule has 0 saturated carbocycles. The summed E-state index contributed by atoms with van der Waals surface area (Å²) in [6.07, 6.45) is 3.80. The Bertz CT molecular complexity index is 492. The van der Waals surface area contributed by atoms with Crippen molar-refractivity contribution in [1.82, 2.24) is 4.90 Å². The highest BCUT2D eigenvalue weighted by atomic mass is 79.9. The lowest BCUT2D eigenvalue weighted by atomic mass is 10.0. The molecule has 1 heterocycles. The Balaban J connectivity index is 2.08. The van der Waals surface area contributed by atoms with Crippen LogP contribution in [0.3, 0.4) is 0 Å². The fourth-order valence-electron chi connectivity index (χ4n) is 2.76. The van der Waals surface area contributed by atoms with Crippen LogP contribution in [-0.4, -0.2) is 42.9 Å². The minimum atomic E-state index is 0.186. The van der Waals surface area contributed by atoms with E-state index in [9.17, 15) is 4.79 Å². The molecular weight excluding hydrogens is 334 g/mol. The number of likely N-dealkylation sites (tertiary alicyclic amines) is 1. The third-order valence-corrected chi connectivity index (χ3v) is 4.68. The summed E-state index contributed by atoms with van der Waals surface area (Å²) in [5, 5.41) is 0.852. The van der Waals surface area contributed by atoms with E-state index < -0.39 is 0 Å². The van der Waals surface area contributed by atoms with Crippen molar-refractivity contribution in [2.45, 2.75) is 31.7 Å². The van der Waals surface area contributed by atoms with Gasteiger partial charge in [0.15, 0.2) is 11.5 Å². The van der Waals surface area contributed by atoms with Gasteiger partial charge in [-0.15, -0.1) is 0 Å². The van der Waals surface area contributed by atoms with E-state index in [-0.39, 0.29) is 5.91 Å². The first-order chi connectivity index (χ1) is 10.2. The lowest BCUT2D eigenvalue weighted by Gasteiger charge is -2.35. The first kappa shape index (κ1) is 16.1. The van der Waals surface area contributed by atoms with Crippen molar-refractivity contribution in [2.24, 2.45) is 0 Å². The van der Waals surface area contributed by atoms with E-state index in [0.29, 0.717) is 24.0 Å². The molecule has 4 nitrogen and oxygen atoms in total. The summed E-state index contributed by atoms with van der Waals surface area (Å²) in [6, 6.07) is 5.97. The number of alkyl halides is 1. The van der Waals surface area contributed by atoms with Gasteiger partial charge in [0.1, 0.15) is 0 Å². The first-order valence-corrected chi connectivity index (χ1v) is 8.38. The van der Waals surface area contributed by atoms with E-state index in [1.54, 1.807) is 14.2 Å². The molecule has 1 aliphatic heterocycles. The molecule has 1 aromatic rings. The van der Waals surface area contributed by atoms with Crippen molar-refractivity contribution < 1.29 is 14.3 Å². The topological polar surface area (TPSA) is 38.8 Å². The van der Waals surface area contributed by atoms with Crippen LogP contribution < -0.4 is 9.47 Å². The van der Waals surface area contributed by atoms with Gasteiger partial charge in [-0.25, -0.2) is 0 Å². The van der Waals surface area contributed by atoms with Crippen molar-refractivity contribution in [2.75, 3.05) is 26.1 Å². The van der Waals surface area contributed by atoms with E-state index in [1.807, 2.05) is 23.1 Å². The van der Waals surface area contributed by atoms with Gasteiger partial charge in [0.2, 0.25) is 5.91 Å². The molecule has 0 N–H and O–H groups in total. The zero-order valence-corrected chi connectivity index (χ0v) is 14.2. The van der Waals surface area contributed by atoms with E-state index in [1.165, 1.54) is 6.42 Å². The Morgan fingerprint density at radius 2 is 2.05 bits per heavy atom. The van der Waals surface area contributed by atoms with E-state index in [2.05, 4.69) is 15.9 Å². The lowest BCUT2D eigenvalue weighted by Crippen LogP contribution is -2.45. The maximum atomic E-state index is 12.5. The third-order valence-electron chi connectivity index (χ3n) is 3.93. The lowest BCUT2D eigenvalue weighted by molar-refractivity contribution is -0.133. The van der Waals surface area contributed by atoms with Gasteiger partial charge < -0.3 is 14.4 Å². The predicted molar refractivity (Wildman–Crippen MR) is 86.4 cm³/mol. The van der Waals surface area contributed by atoms with Crippen LogP contribution in [0.4, 0.5) is 0 Å². The van der Waals surface area contributed by atoms with Gasteiger partial charge in [0.05, 0.1) is 20.6 Å². The molecule has 0 aliphatic carbocycles. The molecule has 1 fully saturated rings. The van der Waals surface area contributed by atoms with Crippen LogP contribution in [0.25, 0.3) is 0 Å². The Kier molecular flexibility index (Phi) is 5.91. The summed E-state index contributed by atoms with van der Waals surface area (Å²) in [4.78, 5) is 14.5. The number of piperidine rings is 1. The highest BCUT2D eigenvalue weighted by Crippen LogP contribution is 2.28. The van der Waals surface area contributed by atoms with Crippen molar-refractivity contribution >= 4 is 21.8 Å². The Morgan fingerprint density at radius 3 is 2.71 bits per heavy atom. The van der Waals surface area contributed by atoms with Crippen molar-refractivity contribution in [3.8, 4) is 11.5 Å². The van der Waals surface area contributed by atoms with Gasteiger partial charge in [0.25, 0.3) is 0 Å². The minimum absolute atomic E-state index is 0.186. The molecule has 2 rings (SSSR count). The second kappa shape index (κ2) is 7.69. The standard InChI is InChI=1S/C16H22BrNO3/c1-20-14-7-6-12(9-15(14)21-2)10-16(19)18-8-4-3-5-13(18)11-17/h6-7,9,13H,3-5,8,10-11H2,1-2H3. The number of carbonyl (C=O) groups is 1. The highest BCUT2D eigenvalue weighted by Gasteiger charge is 2.25. The van der Waals surface area contributed by atoms with Gasteiger partial charge in [-0.1, -0.05) is 22.0 Å². The average Bonchev–Trinajstić information content (AvgIpc) is 2.54. The number of amides is 1. The number of hydrogen-bond acceptors (Lipinski definition) is 3. The Hall–Kier alpha value is -1.23. The molecule has 0 aromatic heterocycles. The number of halogens is 1. The number of methoxy groups -OCH3 is 2. The fraction of sp³-hybridized carbons (Fsp3) is 0.562. The molecule has 1 saturated heterocycles. The van der Waals surface area contributed by atoms with Crippen molar-refractivity contribution in [3.05, 3.63) is 23.8 Å². The maximum absolute atomic E-state index is 12.5. The van der Waals surface area contributed by atoms with Crippen LogP contribution in [0.5, 0.6) is 11.5 Å². The molecular formula is C16H22BrNO3. The number of nitrogens with zero attached hydrogens (tertiary/aromatic N) is 1. The largest absolute Gasteiger partial charge is 0.493 e. The molecule has 0 bridgehead atoms. The molecule has 0 spiro atoms. The molecule has 21 heavy (non-hydrogen) atoms. The van der Waals surface area contributed by atoms with Gasteiger partial charge in [-0.3, -0.25) is 4.79 Å².